The van der Waals surface area contributed by atoms with Crippen molar-refractivity contribution in [3.63, 3.8) is 0 Å². The molecule has 0 radical (unpaired) electrons. The fourth-order valence-corrected chi connectivity index (χ4v) is 1.47. The predicted octanol–water partition coefficient (Wildman–Crippen LogP) is 1.28. The number of para-hydroxylation sites is 1. The Bertz CT molecular complexity index is 378. The summed E-state index contributed by atoms with van der Waals surface area (Å²) in [5.41, 5.74) is 0.394. The highest BCUT2D eigenvalue weighted by Gasteiger charge is 2.12. The third-order valence-electron chi connectivity index (χ3n) is 2.22. The maximum Gasteiger partial charge on any atom is 0.171 e. The van der Waals surface area contributed by atoms with Gasteiger partial charge in [0.05, 0.1) is 18.8 Å². The molecule has 0 fully saturated rings. The molecule has 0 spiro atoms. The van der Waals surface area contributed by atoms with Crippen LogP contribution >= 0.6 is 0 Å². The number of aldehydes is 1. The molecular formula is C13H18O5. The third-order valence-corrected chi connectivity index (χ3v) is 2.22. The summed E-state index contributed by atoms with van der Waals surface area (Å²) >= 11 is 0. The van der Waals surface area contributed by atoms with Gasteiger partial charge in [-0.05, 0) is 19.1 Å². The fourth-order valence-electron chi connectivity index (χ4n) is 1.47. The molecule has 18 heavy (non-hydrogen) atoms. The number of aliphatic hydroxyl groups is 1. The molecule has 1 atom stereocenters. The van der Waals surface area contributed by atoms with Crippen molar-refractivity contribution < 1.29 is 24.1 Å². The lowest BCUT2D eigenvalue weighted by Crippen LogP contribution is -2.23. The van der Waals surface area contributed by atoms with Gasteiger partial charge >= 0.3 is 0 Å². The second-order valence-electron chi connectivity index (χ2n) is 3.65. The van der Waals surface area contributed by atoms with E-state index in [-0.39, 0.29) is 13.2 Å². The molecule has 1 aromatic rings. The Balaban J connectivity index is 2.80. The molecule has 1 aromatic carbocycles. The summed E-state index contributed by atoms with van der Waals surface area (Å²) in [5.74, 6) is 0.844. The topological polar surface area (TPSA) is 65.0 Å². The summed E-state index contributed by atoms with van der Waals surface area (Å²) in [6.07, 6.45) is -0.0511. The molecule has 1 rings (SSSR count). The smallest absolute Gasteiger partial charge is 0.171 e. The molecule has 1 unspecified atom stereocenters. The standard InChI is InChI=1S/C13H18O5/c1-3-17-12-6-4-5-10(7-14)13(12)18-9-11(15)8-16-2/h4-7,11,15H,3,8-9H2,1-2H3. The Morgan fingerprint density at radius 2 is 2.11 bits per heavy atom. The lowest BCUT2D eigenvalue weighted by Gasteiger charge is -2.15. The molecule has 100 valence electrons. The van der Waals surface area contributed by atoms with Crippen molar-refractivity contribution in [2.75, 3.05) is 26.9 Å². The number of carbonyl (C=O) groups is 1. The van der Waals surface area contributed by atoms with Gasteiger partial charge in [0.2, 0.25) is 0 Å². The number of methoxy groups -OCH3 is 1. The number of rotatable bonds is 8. The van der Waals surface area contributed by atoms with E-state index in [9.17, 15) is 9.90 Å². The van der Waals surface area contributed by atoms with Crippen LogP contribution in [0, 0.1) is 0 Å². The SMILES string of the molecule is CCOc1cccc(C=O)c1OCC(O)COC. The largest absolute Gasteiger partial charge is 0.490 e. The second kappa shape index (κ2) is 7.68. The molecule has 0 aromatic heterocycles. The maximum atomic E-state index is 10.9. The number of benzene rings is 1. The second-order valence-corrected chi connectivity index (χ2v) is 3.65. The van der Waals surface area contributed by atoms with Crippen LogP contribution in [0.2, 0.25) is 0 Å². The van der Waals surface area contributed by atoms with Gasteiger partial charge in [0, 0.05) is 7.11 Å². The van der Waals surface area contributed by atoms with E-state index >= 15 is 0 Å². The summed E-state index contributed by atoms with van der Waals surface area (Å²) in [5, 5.41) is 9.52. The van der Waals surface area contributed by atoms with Crippen molar-refractivity contribution in [2.24, 2.45) is 0 Å². The summed E-state index contributed by atoms with van der Waals surface area (Å²) in [7, 11) is 1.49. The summed E-state index contributed by atoms with van der Waals surface area (Å²) in [6, 6.07) is 5.06. The van der Waals surface area contributed by atoms with Crippen molar-refractivity contribution in [3.8, 4) is 11.5 Å². The van der Waals surface area contributed by atoms with E-state index < -0.39 is 6.10 Å². The Kier molecular flexibility index (Phi) is 6.18. The average Bonchev–Trinajstić information content (AvgIpc) is 2.37. The van der Waals surface area contributed by atoms with Gasteiger partial charge in [-0.3, -0.25) is 4.79 Å². The van der Waals surface area contributed by atoms with Gasteiger partial charge in [0.25, 0.3) is 0 Å². The summed E-state index contributed by atoms with van der Waals surface area (Å²) in [4.78, 5) is 10.9. The van der Waals surface area contributed by atoms with E-state index in [1.165, 1.54) is 7.11 Å². The maximum absolute atomic E-state index is 10.9. The first-order valence-corrected chi connectivity index (χ1v) is 5.73. The van der Waals surface area contributed by atoms with Gasteiger partial charge in [-0.1, -0.05) is 6.07 Å². The van der Waals surface area contributed by atoms with Crippen molar-refractivity contribution in [2.45, 2.75) is 13.0 Å². The highest BCUT2D eigenvalue weighted by atomic mass is 16.5. The highest BCUT2D eigenvalue weighted by Crippen LogP contribution is 2.30. The van der Waals surface area contributed by atoms with Crippen LogP contribution in [0.3, 0.4) is 0 Å². The van der Waals surface area contributed by atoms with E-state index in [1.54, 1.807) is 18.2 Å². The average molecular weight is 254 g/mol. The molecule has 0 amide bonds. The third kappa shape index (κ3) is 4.01. The van der Waals surface area contributed by atoms with Crippen molar-refractivity contribution in [1.29, 1.82) is 0 Å². The van der Waals surface area contributed by atoms with Gasteiger partial charge in [-0.2, -0.15) is 0 Å². The van der Waals surface area contributed by atoms with Crippen LogP contribution in [-0.2, 0) is 4.74 Å². The van der Waals surface area contributed by atoms with Crippen LogP contribution in [0.1, 0.15) is 17.3 Å². The quantitative estimate of drug-likeness (QED) is 0.708. The summed E-state index contributed by atoms with van der Waals surface area (Å²) in [6.45, 7) is 2.53. The van der Waals surface area contributed by atoms with E-state index in [0.29, 0.717) is 30.0 Å². The van der Waals surface area contributed by atoms with E-state index in [1.807, 2.05) is 6.92 Å². The fraction of sp³-hybridized carbons (Fsp3) is 0.462. The van der Waals surface area contributed by atoms with E-state index in [4.69, 9.17) is 14.2 Å². The predicted molar refractivity (Wildman–Crippen MR) is 66.4 cm³/mol. The number of hydrogen-bond acceptors (Lipinski definition) is 5. The van der Waals surface area contributed by atoms with Gasteiger partial charge in [-0.25, -0.2) is 0 Å². The monoisotopic (exact) mass is 254 g/mol. The molecule has 0 saturated heterocycles. The summed E-state index contributed by atoms with van der Waals surface area (Å²) < 4.78 is 15.6. The molecule has 0 aliphatic carbocycles. The van der Waals surface area contributed by atoms with E-state index in [2.05, 4.69) is 0 Å². The number of ether oxygens (including phenoxy) is 3. The lowest BCUT2D eigenvalue weighted by molar-refractivity contribution is 0.0316. The Morgan fingerprint density at radius 3 is 2.72 bits per heavy atom. The first-order valence-electron chi connectivity index (χ1n) is 5.73. The van der Waals surface area contributed by atoms with Gasteiger partial charge in [0.15, 0.2) is 17.8 Å². The zero-order chi connectivity index (χ0) is 13.4. The molecule has 0 heterocycles. The molecule has 5 heteroatoms. The minimum atomic E-state index is -0.746. The first-order chi connectivity index (χ1) is 8.72. The first kappa shape index (κ1) is 14.5. The van der Waals surface area contributed by atoms with Crippen molar-refractivity contribution in [1.82, 2.24) is 0 Å². The van der Waals surface area contributed by atoms with Crippen molar-refractivity contribution >= 4 is 6.29 Å². The van der Waals surface area contributed by atoms with Gasteiger partial charge in [0.1, 0.15) is 12.7 Å². The molecule has 5 nitrogen and oxygen atoms in total. The molecular weight excluding hydrogens is 236 g/mol. The van der Waals surface area contributed by atoms with Crippen LogP contribution in [0.5, 0.6) is 11.5 Å². The normalized spacial score (nSPS) is 11.9. The zero-order valence-electron chi connectivity index (χ0n) is 10.6. The zero-order valence-corrected chi connectivity index (χ0v) is 10.6. The lowest BCUT2D eigenvalue weighted by atomic mass is 10.2. The van der Waals surface area contributed by atoms with Crippen LogP contribution in [0.25, 0.3) is 0 Å². The minimum Gasteiger partial charge on any atom is -0.490 e. The Labute approximate surface area is 106 Å². The van der Waals surface area contributed by atoms with Crippen LogP contribution in [-0.4, -0.2) is 44.4 Å². The van der Waals surface area contributed by atoms with Gasteiger partial charge < -0.3 is 19.3 Å². The number of hydrogen-bond donors (Lipinski definition) is 1. The molecule has 0 saturated carbocycles. The van der Waals surface area contributed by atoms with E-state index in [0.717, 1.165) is 0 Å². The van der Waals surface area contributed by atoms with Crippen LogP contribution < -0.4 is 9.47 Å². The van der Waals surface area contributed by atoms with Crippen LogP contribution in [0.4, 0.5) is 0 Å². The number of carbonyl (C=O) groups excluding carboxylic acids is 1. The Morgan fingerprint density at radius 1 is 1.33 bits per heavy atom. The molecule has 1 N–H and O–H groups in total. The molecule has 0 aliphatic rings. The molecule has 0 aliphatic heterocycles. The Hall–Kier alpha value is -1.59. The number of aliphatic hydroxyl groups excluding tert-OH is 1. The van der Waals surface area contributed by atoms with Crippen molar-refractivity contribution in [3.05, 3.63) is 23.8 Å². The minimum absolute atomic E-state index is 0.0404. The van der Waals surface area contributed by atoms with Crippen LogP contribution in [0.15, 0.2) is 18.2 Å². The highest BCUT2D eigenvalue weighted by molar-refractivity contribution is 5.81. The van der Waals surface area contributed by atoms with Gasteiger partial charge in [-0.15, -0.1) is 0 Å². The molecule has 0 bridgehead atoms.